The van der Waals surface area contributed by atoms with Crippen LogP contribution in [0, 0.1) is 11.7 Å². The Labute approximate surface area is 102 Å². The number of nitrogen functional groups attached to an aromatic ring is 1. The molecule has 1 atom stereocenters. The Morgan fingerprint density at radius 1 is 1.35 bits per heavy atom. The molecule has 4 heteroatoms. The maximum absolute atomic E-state index is 13.0. The summed E-state index contributed by atoms with van der Waals surface area (Å²) in [7, 11) is 0. The Morgan fingerprint density at radius 3 is 2.59 bits per heavy atom. The van der Waals surface area contributed by atoms with Crippen LogP contribution in [-0.2, 0) is 0 Å². The summed E-state index contributed by atoms with van der Waals surface area (Å²) in [5.41, 5.74) is 6.73. The molecule has 0 aliphatic carbocycles. The van der Waals surface area contributed by atoms with Gasteiger partial charge in [0.15, 0.2) is 0 Å². The number of halogens is 1. The monoisotopic (exact) mass is 240 g/mol. The molecule has 1 aromatic rings. The molecule has 0 bridgehead atoms. The van der Waals surface area contributed by atoms with E-state index in [2.05, 4.69) is 5.32 Å². The van der Waals surface area contributed by atoms with Crippen LogP contribution in [0.2, 0.25) is 0 Å². The van der Waals surface area contributed by atoms with Gasteiger partial charge in [-0.15, -0.1) is 0 Å². The van der Waals surface area contributed by atoms with E-state index in [0.29, 0.717) is 17.9 Å². The maximum Gasteiger partial charge on any atom is 0.125 e. The second-order valence-corrected chi connectivity index (χ2v) is 4.26. The van der Waals surface area contributed by atoms with Crippen molar-refractivity contribution in [3.8, 4) is 0 Å². The number of hydrogen-bond donors (Lipinski definition) is 3. The summed E-state index contributed by atoms with van der Waals surface area (Å²) < 4.78 is 13.0. The lowest BCUT2D eigenvalue weighted by molar-refractivity contribution is 0.114. The van der Waals surface area contributed by atoms with Gasteiger partial charge in [-0.2, -0.15) is 0 Å². The van der Waals surface area contributed by atoms with Gasteiger partial charge in [-0.3, -0.25) is 0 Å². The Hall–Kier alpha value is -1.29. The SMILES string of the molecule is CCC(CC)C(O)CNc1cc(F)ccc1N. The quantitative estimate of drug-likeness (QED) is 0.670. The Balaban J connectivity index is 2.57. The van der Waals surface area contributed by atoms with Gasteiger partial charge in [0.25, 0.3) is 0 Å². The van der Waals surface area contributed by atoms with Crippen LogP contribution >= 0.6 is 0 Å². The van der Waals surface area contributed by atoms with Gasteiger partial charge in [-0.1, -0.05) is 26.7 Å². The molecule has 0 spiro atoms. The average Bonchev–Trinajstić information content (AvgIpc) is 2.32. The van der Waals surface area contributed by atoms with Crippen LogP contribution in [0.25, 0.3) is 0 Å². The normalized spacial score (nSPS) is 12.8. The number of aliphatic hydroxyl groups is 1. The third kappa shape index (κ3) is 3.89. The molecule has 0 saturated carbocycles. The average molecular weight is 240 g/mol. The van der Waals surface area contributed by atoms with Crippen LogP contribution in [0.15, 0.2) is 18.2 Å². The molecule has 1 aromatic carbocycles. The van der Waals surface area contributed by atoms with E-state index >= 15 is 0 Å². The van der Waals surface area contributed by atoms with Crippen molar-refractivity contribution < 1.29 is 9.50 Å². The van der Waals surface area contributed by atoms with Crippen LogP contribution in [0.5, 0.6) is 0 Å². The van der Waals surface area contributed by atoms with Crippen molar-refractivity contribution in [2.75, 3.05) is 17.6 Å². The topological polar surface area (TPSA) is 58.3 Å². The molecule has 17 heavy (non-hydrogen) atoms. The van der Waals surface area contributed by atoms with Gasteiger partial charge in [-0.05, 0) is 24.1 Å². The van der Waals surface area contributed by atoms with Gasteiger partial charge < -0.3 is 16.2 Å². The van der Waals surface area contributed by atoms with Crippen LogP contribution < -0.4 is 11.1 Å². The molecular formula is C13H21FN2O. The first kappa shape index (κ1) is 13.8. The lowest BCUT2D eigenvalue weighted by Crippen LogP contribution is -2.27. The van der Waals surface area contributed by atoms with Crippen LogP contribution in [0.1, 0.15) is 26.7 Å². The van der Waals surface area contributed by atoms with Gasteiger partial charge >= 0.3 is 0 Å². The lowest BCUT2D eigenvalue weighted by Gasteiger charge is -2.21. The zero-order valence-electron chi connectivity index (χ0n) is 10.4. The largest absolute Gasteiger partial charge is 0.397 e. The predicted molar refractivity (Wildman–Crippen MR) is 69.4 cm³/mol. The lowest BCUT2D eigenvalue weighted by atomic mass is 9.96. The second kappa shape index (κ2) is 6.45. The molecule has 3 nitrogen and oxygen atoms in total. The van der Waals surface area contributed by atoms with Gasteiger partial charge in [0.05, 0.1) is 17.5 Å². The Morgan fingerprint density at radius 2 is 2.00 bits per heavy atom. The van der Waals surface area contributed by atoms with Crippen molar-refractivity contribution in [2.24, 2.45) is 5.92 Å². The van der Waals surface area contributed by atoms with E-state index in [9.17, 15) is 9.50 Å². The van der Waals surface area contributed by atoms with Crippen LogP contribution in [-0.4, -0.2) is 17.8 Å². The highest BCUT2D eigenvalue weighted by Crippen LogP contribution is 2.20. The molecule has 0 radical (unpaired) electrons. The number of rotatable bonds is 6. The summed E-state index contributed by atoms with van der Waals surface area (Å²) in [5, 5.41) is 12.9. The molecule has 0 aliphatic rings. The summed E-state index contributed by atoms with van der Waals surface area (Å²) in [6, 6.07) is 4.17. The van der Waals surface area contributed by atoms with E-state index in [1.54, 1.807) is 0 Å². The highest BCUT2D eigenvalue weighted by molar-refractivity contribution is 5.65. The molecule has 0 aliphatic heterocycles. The van der Waals surface area contributed by atoms with Gasteiger partial charge in [0.2, 0.25) is 0 Å². The van der Waals surface area contributed by atoms with Crippen LogP contribution in [0.4, 0.5) is 15.8 Å². The highest BCUT2D eigenvalue weighted by Gasteiger charge is 2.15. The molecule has 0 saturated heterocycles. The minimum absolute atomic E-state index is 0.261. The Kier molecular flexibility index (Phi) is 5.22. The van der Waals surface area contributed by atoms with E-state index < -0.39 is 6.10 Å². The summed E-state index contributed by atoms with van der Waals surface area (Å²) in [6.07, 6.45) is 1.42. The molecule has 0 amide bonds. The highest BCUT2D eigenvalue weighted by atomic mass is 19.1. The van der Waals surface area contributed by atoms with E-state index in [1.807, 2.05) is 13.8 Å². The zero-order valence-corrected chi connectivity index (χ0v) is 10.4. The molecule has 0 fully saturated rings. The smallest absolute Gasteiger partial charge is 0.125 e. The summed E-state index contributed by atoms with van der Waals surface area (Å²) in [6.45, 7) is 4.49. The number of anilines is 2. The first-order chi connectivity index (χ1) is 8.08. The van der Waals surface area contributed by atoms with E-state index in [0.717, 1.165) is 12.8 Å². The van der Waals surface area contributed by atoms with Crippen molar-refractivity contribution in [3.05, 3.63) is 24.0 Å². The van der Waals surface area contributed by atoms with Crippen molar-refractivity contribution >= 4 is 11.4 Å². The number of aliphatic hydroxyl groups excluding tert-OH is 1. The summed E-state index contributed by atoms with van der Waals surface area (Å²) in [4.78, 5) is 0. The fraction of sp³-hybridized carbons (Fsp3) is 0.538. The molecule has 96 valence electrons. The summed E-state index contributed by atoms with van der Waals surface area (Å²) >= 11 is 0. The number of hydrogen-bond acceptors (Lipinski definition) is 3. The fourth-order valence-corrected chi connectivity index (χ4v) is 1.90. The number of nitrogens with two attached hydrogens (primary N) is 1. The standard InChI is InChI=1S/C13H21FN2O/c1-3-9(4-2)13(17)8-16-12-7-10(14)5-6-11(12)15/h5-7,9,13,16-17H,3-4,8,15H2,1-2H3. The van der Waals surface area contributed by atoms with Gasteiger partial charge in [0.1, 0.15) is 5.82 Å². The van der Waals surface area contributed by atoms with Crippen molar-refractivity contribution in [2.45, 2.75) is 32.8 Å². The third-order valence-corrected chi connectivity index (χ3v) is 3.11. The minimum atomic E-state index is -0.437. The molecule has 0 aromatic heterocycles. The molecule has 1 unspecified atom stereocenters. The van der Waals surface area contributed by atoms with E-state index in [1.165, 1.54) is 18.2 Å². The number of benzene rings is 1. The first-order valence-electron chi connectivity index (χ1n) is 6.05. The zero-order chi connectivity index (χ0) is 12.8. The molecule has 1 rings (SSSR count). The predicted octanol–water partition coefficient (Wildman–Crippen LogP) is 2.62. The van der Waals surface area contributed by atoms with Gasteiger partial charge in [0, 0.05) is 6.54 Å². The molecule has 0 heterocycles. The second-order valence-electron chi connectivity index (χ2n) is 4.26. The minimum Gasteiger partial charge on any atom is -0.397 e. The van der Waals surface area contributed by atoms with Crippen molar-refractivity contribution in [3.63, 3.8) is 0 Å². The fourth-order valence-electron chi connectivity index (χ4n) is 1.90. The van der Waals surface area contributed by atoms with E-state index in [4.69, 9.17) is 5.73 Å². The Bertz CT molecular complexity index is 353. The number of nitrogens with one attached hydrogen (secondary N) is 1. The first-order valence-corrected chi connectivity index (χ1v) is 6.05. The van der Waals surface area contributed by atoms with Crippen molar-refractivity contribution in [1.29, 1.82) is 0 Å². The third-order valence-electron chi connectivity index (χ3n) is 3.11. The van der Waals surface area contributed by atoms with Crippen molar-refractivity contribution in [1.82, 2.24) is 0 Å². The maximum atomic E-state index is 13.0. The van der Waals surface area contributed by atoms with Crippen LogP contribution in [0.3, 0.4) is 0 Å². The van der Waals surface area contributed by atoms with Gasteiger partial charge in [-0.25, -0.2) is 4.39 Å². The molecular weight excluding hydrogens is 219 g/mol. The van der Waals surface area contributed by atoms with E-state index in [-0.39, 0.29) is 11.7 Å². The summed E-state index contributed by atoms with van der Waals surface area (Å²) in [5.74, 6) is -0.0731. The molecule has 4 N–H and O–H groups in total.